The fourth-order valence-corrected chi connectivity index (χ4v) is 10.4. The molecule has 10 nitrogen and oxygen atoms in total. The van der Waals surface area contributed by atoms with Crippen LogP contribution in [-0.4, -0.2) is 68.3 Å². The van der Waals surface area contributed by atoms with Crippen molar-refractivity contribution in [2.45, 2.75) is 123 Å². The number of aliphatic carboxylic acids is 1. The second-order valence-electron chi connectivity index (χ2n) is 14.3. The SMILES string of the molecule is CCC1(CS(=O)(=O)NC(CNC(=O)C2CCC(CCC3CCC4CCCNC4N3)CC2)C(=O)O)C(=O)CC(C)C1(C)C. The molecular weight excluding hydrogens is 556 g/mol. The first-order valence-corrected chi connectivity index (χ1v) is 18.0. The van der Waals surface area contributed by atoms with Crippen LogP contribution < -0.4 is 20.7 Å². The quantitative estimate of drug-likeness (QED) is 0.226. The zero-order chi connectivity index (χ0) is 30.7. The van der Waals surface area contributed by atoms with E-state index in [1.807, 2.05) is 27.7 Å². The molecule has 4 rings (SSSR count). The monoisotopic (exact) mass is 610 g/mol. The maximum Gasteiger partial charge on any atom is 0.323 e. The van der Waals surface area contributed by atoms with E-state index in [9.17, 15) is 27.9 Å². The first-order chi connectivity index (χ1) is 19.8. The van der Waals surface area contributed by atoms with E-state index in [0.717, 1.165) is 51.0 Å². The Morgan fingerprint density at radius 2 is 1.79 bits per heavy atom. The third-order valence-corrected chi connectivity index (χ3v) is 13.2. The van der Waals surface area contributed by atoms with Gasteiger partial charge in [0, 0.05) is 30.3 Å². The van der Waals surface area contributed by atoms with Gasteiger partial charge in [-0.3, -0.25) is 19.7 Å². The largest absolute Gasteiger partial charge is 0.480 e. The molecule has 240 valence electrons. The van der Waals surface area contributed by atoms with Crippen LogP contribution in [0.4, 0.5) is 0 Å². The molecule has 0 bridgehead atoms. The number of carboxylic acid groups (broad SMARTS) is 1. The number of rotatable bonds is 12. The number of hydrogen-bond acceptors (Lipinski definition) is 7. The number of piperidine rings is 2. The number of Topliss-reactive ketones (excluding diaryl/α,β-unsaturated/α-hetero) is 1. The Morgan fingerprint density at radius 3 is 2.40 bits per heavy atom. The second kappa shape index (κ2) is 13.6. The molecule has 6 unspecified atom stereocenters. The van der Waals surface area contributed by atoms with E-state index in [4.69, 9.17) is 0 Å². The van der Waals surface area contributed by atoms with Gasteiger partial charge < -0.3 is 15.7 Å². The molecule has 2 saturated carbocycles. The van der Waals surface area contributed by atoms with Crippen LogP contribution in [0, 0.1) is 34.5 Å². The summed E-state index contributed by atoms with van der Waals surface area (Å²) < 4.78 is 28.6. The summed E-state index contributed by atoms with van der Waals surface area (Å²) in [5.74, 6) is -0.915. The zero-order valence-corrected chi connectivity index (χ0v) is 26.9. The van der Waals surface area contributed by atoms with Gasteiger partial charge >= 0.3 is 5.97 Å². The van der Waals surface area contributed by atoms with E-state index in [-0.39, 0.29) is 30.1 Å². The van der Waals surface area contributed by atoms with Gasteiger partial charge in [0.2, 0.25) is 15.9 Å². The minimum Gasteiger partial charge on any atom is -0.480 e. The second-order valence-corrected chi connectivity index (χ2v) is 16.0. The topological polar surface area (TPSA) is 154 Å². The summed E-state index contributed by atoms with van der Waals surface area (Å²) in [6.45, 7) is 8.37. The van der Waals surface area contributed by atoms with Gasteiger partial charge in [-0.1, -0.05) is 27.7 Å². The van der Waals surface area contributed by atoms with Gasteiger partial charge in [0.1, 0.15) is 11.8 Å². The first kappa shape index (κ1) is 33.3. The van der Waals surface area contributed by atoms with Crippen molar-refractivity contribution in [3.63, 3.8) is 0 Å². The Hall–Kier alpha value is -1.56. The van der Waals surface area contributed by atoms with Crippen LogP contribution in [0.25, 0.3) is 0 Å². The summed E-state index contributed by atoms with van der Waals surface area (Å²) >= 11 is 0. The maximum atomic E-state index is 13.2. The van der Waals surface area contributed by atoms with Crippen LogP contribution in [0.1, 0.15) is 105 Å². The molecule has 0 aromatic rings. The molecule has 0 radical (unpaired) electrons. The van der Waals surface area contributed by atoms with E-state index in [0.29, 0.717) is 31.0 Å². The van der Waals surface area contributed by atoms with Crippen molar-refractivity contribution in [1.29, 1.82) is 0 Å². The highest BCUT2D eigenvalue weighted by molar-refractivity contribution is 7.89. The van der Waals surface area contributed by atoms with Crippen LogP contribution in [0.5, 0.6) is 0 Å². The lowest BCUT2D eigenvalue weighted by molar-refractivity contribution is -0.139. The van der Waals surface area contributed by atoms with E-state index >= 15 is 0 Å². The van der Waals surface area contributed by atoms with Crippen molar-refractivity contribution in [1.82, 2.24) is 20.7 Å². The molecule has 4 fully saturated rings. The highest BCUT2D eigenvalue weighted by Gasteiger charge is 2.59. The van der Waals surface area contributed by atoms with Gasteiger partial charge in [-0.05, 0) is 100 Å². The molecule has 42 heavy (non-hydrogen) atoms. The van der Waals surface area contributed by atoms with Crippen LogP contribution in [0.3, 0.4) is 0 Å². The number of fused-ring (bicyclic) bond motifs is 1. The number of nitrogens with one attached hydrogen (secondary N) is 4. The molecule has 4 aliphatic rings. The summed E-state index contributed by atoms with van der Waals surface area (Å²) in [4.78, 5) is 37.9. The molecule has 2 aliphatic heterocycles. The molecule has 11 heteroatoms. The summed E-state index contributed by atoms with van der Waals surface area (Å²) in [7, 11) is -4.12. The summed E-state index contributed by atoms with van der Waals surface area (Å²) in [5.41, 5.74) is -1.62. The standard InChI is InChI=1S/C31H54N4O6S/c1-5-31(26(36)17-20(2)30(31,3)4)19-42(40,41)35-25(29(38)39)18-33-28(37)23-11-8-21(9-12-23)10-14-24-15-13-22-7-6-16-32-27(22)34-24/h20-25,27,32,34-35H,5-19H2,1-4H3,(H,33,37)(H,38,39). The third kappa shape index (κ3) is 7.38. The molecule has 1 amide bonds. The smallest absolute Gasteiger partial charge is 0.323 e. The average molecular weight is 611 g/mol. The van der Waals surface area contributed by atoms with Crippen LogP contribution in [-0.2, 0) is 24.4 Å². The van der Waals surface area contributed by atoms with Crippen molar-refractivity contribution in [3.8, 4) is 0 Å². The third-order valence-electron chi connectivity index (χ3n) is 11.7. The van der Waals surface area contributed by atoms with Crippen LogP contribution >= 0.6 is 0 Å². The van der Waals surface area contributed by atoms with E-state index in [2.05, 4.69) is 20.7 Å². The summed E-state index contributed by atoms with van der Waals surface area (Å²) in [6, 6.07) is -0.939. The van der Waals surface area contributed by atoms with Gasteiger partial charge in [0.25, 0.3) is 0 Å². The Labute approximate surface area is 252 Å². The molecule has 0 aromatic carbocycles. The van der Waals surface area contributed by atoms with Gasteiger partial charge in [-0.2, -0.15) is 4.72 Å². The lowest BCUT2D eigenvalue weighted by Gasteiger charge is -2.41. The van der Waals surface area contributed by atoms with Crippen molar-refractivity contribution >= 4 is 27.7 Å². The lowest BCUT2D eigenvalue weighted by atomic mass is 9.64. The Morgan fingerprint density at radius 1 is 1.07 bits per heavy atom. The van der Waals surface area contributed by atoms with Crippen LogP contribution in [0.15, 0.2) is 0 Å². The number of carboxylic acids is 1. The Bertz CT molecular complexity index is 1090. The molecule has 0 aromatic heterocycles. The molecule has 5 N–H and O–H groups in total. The summed E-state index contributed by atoms with van der Waals surface area (Å²) in [5, 5.41) is 19.9. The van der Waals surface area contributed by atoms with Gasteiger partial charge in [0.15, 0.2) is 0 Å². The Balaban J connectivity index is 1.22. The van der Waals surface area contributed by atoms with Gasteiger partial charge in [-0.15, -0.1) is 0 Å². The lowest BCUT2D eigenvalue weighted by Crippen LogP contribution is -2.57. The highest BCUT2D eigenvalue weighted by Crippen LogP contribution is 2.56. The molecule has 6 atom stereocenters. The maximum absolute atomic E-state index is 13.2. The van der Waals surface area contributed by atoms with E-state index < -0.39 is 38.6 Å². The highest BCUT2D eigenvalue weighted by atomic mass is 32.2. The molecule has 2 aliphatic carbocycles. The number of ketones is 1. The van der Waals surface area contributed by atoms with Gasteiger partial charge in [0.05, 0.1) is 11.9 Å². The number of hydrogen-bond donors (Lipinski definition) is 5. The fraction of sp³-hybridized carbons (Fsp3) is 0.903. The van der Waals surface area contributed by atoms with Crippen molar-refractivity contribution in [2.24, 2.45) is 34.5 Å². The Kier molecular flexibility index (Phi) is 10.8. The number of amides is 1. The van der Waals surface area contributed by atoms with E-state index in [1.54, 1.807) is 0 Å². The normalized spacial score (nSPS) is 35.8. The van der Waals surface area contributed by atoms with Gasteiger partial charge in [-0.25, -0.2) is 8.42 Å². The fourth-order valence-electron chi connectivity index (χ4n) is 8.28. The number of carbonyl (C=O) groups is 3. The van der Waals surface area contributed by atoms with Crippen molar-refractivity contribution in [2.75, 3.05) is 18.8 Å². The minimum absolute atomic E-state index is 0.0235. The number of carbonyl (C=O) groups excluding carboxylic acids is 2. The van der Waals surface area contributed by atoms with Crippen molar-refractivity contribution < 1.29 is 27.9 Å². The zero-order valence-electron chi connectivity index (χ0n) is 26.0. The average Bonchev–Trinajstić information content (AvgIpc) is 3.12. The first-order valence-electron chi connectivity index (χ1n) is 16.3. The minimum atomic E-state index is -4.12. The molecule has 2 heterocycles. The predicted octanol–water partition coefficient (Wildman–Crippen LogP) is 3.17. The summed E-state index contributed by atoms with van der Waals surface area (Å²) in [6.07, 6.45) is 12.1. The predicted molar refractivity (Wildman–Crippen MR) is 162 cm³/mol. The van der Waals surface area contributed by atoms with Crippen LogP contribution in [0.2, 0.25) is 0 Å². The molecular formula is C31H54N4O6S. The molecule has 2 saturated heterocycles. The number of sulfonamides is 1. The van der Waals surface area contributed by atoms with E-state index in [1.165, 1.54) is 25.7 Å². The van der Waals surface area contributed by atoms with Crippen molar-refractivity contribution in [3.05, 3.63) is 0 Å². The molecule has 0 spiro atoms.